The van der Waals surface area contributed by atoms with Crippen LogP contribution in [0.3, 0.4) is 0 Å². The van der Waals surface area contributed by atoms with E-state index in [1.165, 1.54) is 24.2 Å². The summed E-state index contributed by atoms with van der Waals surface area (Å²) in [6.45, 7) is 3.02. The Bertz CT molecular complexity index is 512. The summed E-state index contributed by atoms with van der Waals surface area (Å²) in [5.41, 5.74) is 2.49. The zero-order valence-corrected chi connectivity index (χ0v) is 13.6. The summed E-state index contributed by atoms with van der Waals surface area (Å²) in [4.78, 5) is 19.1. The first-order chi connectivity index (χ1) is 10.8. The summed E-state index contributed by atoms with van der Waals surface area (Å²) in [5, 5.41) is 0. The quantitative estimate of drug-likeness (QED) is 0.855. The first-order valence-corrected chi connectivity index (χ1v) is 8.57. The van der Waals surface area contributed by atoms with Crippen molar-refractivity contribution in [1.82, 2.24) is 14.5 Å². The number of aromatic nitrogens is 2. The summed E-state index contributed by atoms with van der Waals surface area (Å²) in [5.74, 6) is 0.840. The smallest absolute Gasteiger partial charge is 0.242 e. The van der Waals surface area contributed by atoms with Gasteiger partial charge in [-0.05, 0) is 50.9 Å². The van der Waals surface area contributed by atoms with E-state index in [9.17, 15) is 4.79 Å². The fraction of sp³-hybridized carbons (Fsp3) is 0.765. The average molecular weight is 305 g/mol. The molecule has 2 aliphatic rings. The number of carbonyl (C=O) groups is 1. The van der Waals surface area contributed by atoms with Gasteiger partial charge in [0.25, 0.3) is 0 Å². The van der Waals surface area contributed by atoms with Crippen molar-refractivity contribution in [3.63, 3.8) is 0 Å². The van der Waals surface area contributed by atoms with E-state index in [2.05, 4.69) is 9.55 Å². The standard InChI is InChI=1S/C17H27N3O2/c1-22-12-14-5-4-9-19(10-8-14)17(21)11-20-13-18-15-6-2-3-7-16(15)20/h13-14H,2-12H2,1H3. The van der Waals surface area contributed by atoms with Crippen LogP contribution in [0.2, 0.25) is 0 Å². The Kier molecular flexibility index (Phi) is 5.13. The van der Waals surface area contributed by atoms with E-state index in [-0.39, 0.29) is 5.91 Å². The number of rotatable bonds is 4. The van der Waals surface area contributed by atoms with Gasteiger partial charge in [-0.15, -0.1) is 0 Å². The molecule has 1 amide bonds. The van der Waals surface area contributed by atoms with E-state index in [4.69, 9.17) is 4.74 Å². The number of amides is 1. The third kappa shape index (κ3) is 3.51. The third-order valence-electron chi connectivity index (χ3n) is 5.02. The minimum atomic E-state index is 0.240. The molecule has 5 nitrogen and oxygen atoms in total. The monoisotopic (exact) mass is 305 g/mol. The molecule has 2 heterocycles. The number of ether oxygens (including phenoxy) is 1. The molecular weight excluding hydrogens is 278 g/mol. The lowest BCUT2D eigenvalue weighted by molar-refractivity contribution is -0.131. The molecule has 3 rings (SSSR count). The van der Waals surface area contributed by atoms with Crippen molar-refractivity contribution in [3.05, 3.63) is 17.7 Å². The average Bonchev–Trinajstić information content (AvgIpc) is 2.78. The van der Waals surface area contributed by atoms with Gasteiger partial charge in [-0.3, -0.25) is 4.79 Å². The number of fused-ring (bicyclic) bond motifs is 1. The molecule has 1 fully saturated rings. The van der Waals surface area contributed by atoms with Crippen LogP contribution >= 0.6 is 0 Å². The molecule has 1 aliphatic carbocycles. The minimum absolute atomic E-state index is 0.240. The molecule has 0 bridgehead atoms. The van der Waals surface area contributed by atoms with E-state index in [0.29, 0.717) is 12.5 Å². The summed E-state index contributed by atoms with van der Waals surface area (Å²) < 4.78 is 7.34. The van der Waals surface area contributed by atoms with E-state index in [1.54, 1.807) is 7.11 Å². The maximum Gasteiger partial charge on any atom is 0.242 e. The van der Waals surface area contributed by atoms with Gasteiger partial charge in [0, 0.05) is 32.5 Å². The van der Waals surface area contributed by atoms with Gasteiger partial charge in [0.15, 0.2) is 0 Å². The molecule has 1 aromatic heterocycles. The van der Waals surface area contributed by atoms with Gasteiger partial charge < -0.3 is 14.2 Å². The van der Waals surface area contributed by atoms with E-state index in [0.717, 1.165) is 51.8 Å². The molecular formula is C17H27N3O2. The van der Waals surface area contributed by atoms with Gasteiger partial charge in [-0.1, -0.05) is 0 Å². The largest absolute Gasteiger partial charge is 0.384 e. The molecule has 122 valence electrons. The zero-order valence-electron chi connectivity index (χ0n) is 13.6. The summed E-state index contributed by atoms with van der Waals surface area (Å²) in [6.07, 6.45) is 9.75. The van der Waals surface area contributed by atoms with Crippen molar-refractivity contribution < 1.29 is 9.53 Å². The minimum Gasteiger partial charge on any atom is -0.384 e. The zero-order chi connectivity index (χ0) is 15.4. The molecule has 1 saturated heterocycles. The van der Waals surface area contributed by atoms with Crippen LogP contribution in [0.1, 0.15) is 43.5 Å². The lowest BCUT2D eigenvalue weighted by Gasteiger charge is -2.22. The molecule has 1 atom stereocenters. The molecule has 0 N–H and O–H groups in total. The molecule has 5 heteroatoms. The number of hydrogen-bond acceptors (Lipinski definition) is 3. The van der Waals surface area contributed by atoms with Gasteiger partial charge in [-0.25, -0.2) is 4.98 Å². The fourth-order valence-corrected chi connectivity index (χ4v) is 3.73. The first kappa shape index (κ1) is 15.5. The van der Waals surface area contributed by atoms with Gasteiger partial charge in [0.1, 0.15) is 6.54 Å². The normalized spacial score (nSPS) is 22.2. The number of nitrogens with zero attached hydrogens (tertiary/aromatic N) is 3. The van der Waals surface area contributed by atoms with Crippen molar-refractivity contribution in [2.24, 2.45) is 5.92 Å². The molecule has 0 radical (unpaired) electrons. The number of carbonyl (C=O) groups excluding carboxylic acids is 1. The second kappa shape index (κ2) is 7.27. The number of aryl methyl sites for hydroxylation is 1. The molecule has 1 aromatic rings. The SMILES string of the molecule is COCC1CCCN(C(=O)Cn2cnc3c2CCCC3)CC1. The number of likely N-dealkylation sites (tertiary alicyclic amines) is 1. The van der Waals surface area contributed by atoms with Crippen LogP contribution in [0.15, 0.2) is 6.33 Å². The van der Waals surface area contributed by atoms with Crippen LogP contribution in [0.25, 0.3) is 0 Å². The Morgan fingerprint density at radius 3 is 3.00 bits per heavy atom. The fourth-order valence-electron chi connectivity index (χ4n) is 3.73. The van der Waals surface area contributed by atoms with E-state index in [1.807, 2.05) is 11.2 Å². The lowest BCUT2D eigenvalue weighted by atomic mass is 10.0. The van der Waals surface area contributed by atoms with Crippen LogP contribution in [0.4, 0.5) is 0 Å². The van der Waals surface area contributed by atoms with Crippen molar-refractivity contribution >= 4 is 5.91 Å². The van der Waals surface area contributed by atoms with Crippen molar-refractivity contribution in [1.29, 1.82) is 0 Å². The van der Waals surface area contributed by atoms with Gasteiger partial charge in [-0.2, -0.15) is 0 Å². The number of hydrogen-bond donors (Lipinski definition) is 0. The van der Waals surface area contributed by atoms with Crippen molar-refractivity contribution in [2.75, 3.05) is 26.8 Å². The van der Waals surface area contributed by atoms with E-state index < -0.39 is 0 Å². The molecule has 22 heavy (non-hydrogen) atoms. The molecule has 0 saturated carbocycles. The Morgan fingerprint density at radius 1 is 1.27 bits per heavy atom. The molecule has 1 unspecified atom stereocenters. The first-order valence-electron chi connectivity index (χ1n) is 8.57. The van der Waals surface area contributed by atoms with Crippen LogP contribution in [0.5, 0.6) is 0 Å². The highest BCUT2D eigenvalue weighted by Crippen LogP contribution is 2.21. The summed E-state index contributed by atoms with van der Waals surface area (Å²) in [6, 6.07) is 0. The summed E-state index contributed by atoms with van der Waals surface area (Å²) >= 11 is 0. The Morgan fingerprint density at radius 2 is 2.14 bits per heavy atom. The Hall–Kier alpha value is -1.36. The van der Waals surface area contributed by atoms with Gasteiger partial charge >= 0.3 is 0 Å². The molecule has 0 spiro atoms. The summed E-state index contributed by atoms with van der Waals surface area (Å²) in [7, 11) is 1.76. The predicted octanol–water partition coefficient (Wildman–Crippen LogP) is 2.04. The highest BCUT2D eigenvalue weighted by molar-refractivity contribution is 5.76. The topological polar surface area (TPSA) is 47.4 Å². The number of methoxy groups -OCH3 is 1. The van der Waals surface area contributed by atoms with Gasteiger partial charge in [0.05, 0.1) is 12.0 Å². The molecule has 1 aliphatic heterocycles. The highest BCUT2D eigenvalue weighted by Gasteiger charge is 2.22. The number of imidazole rings is 1. The van der Waals surface area contributed by atoms with Crippen LogP contribution in [-0.2, 0) is 28.9 Å². The van der Waals surface area contributed by atoms with Crippen LogP contribution in [0, 0.1) is 5.92 Å². The Balaban J connectivity index is 1.59. The van der Waals surface area contributed by atoms with Crippen molar-refractivity contribution in [3.8, 4) is 0 Å². The second-order valence-corrected chi connectivity index (χ2v) is 6.61. The Labute approximate surface area is 132 Å². The predicted molar refractivity (Wildman–Crippen MR) is 84.7 cm³/mol. The maximum absolute atomic E-state index is 12.6. The van der Waals surface area contributed by atoms with E-state index >= 15 is 0 Å². The highest BCUT2D eigenvalue weighted by atomic mass is 16.5. The lowest BCUT2D eigenvalue weighted by Crippen LogP contribution is -2.35. The van der Waals surface area contributed by atoms with Crippen LogP contribution in [-0.4, -0.2) is 47.2 Å². The third-order valence-corrected chi connectivity index (χ3v) is 5.02. The van der Waals surface area contributed by atoms with Gasteiger partial charge in [0.2, 0.25) is 5.91 Å². The maximum atomic E-state index is 12.6. The molecule has 0 aromatic carbocycles. The van der Waals surface area contributed by atoms with Crippen molar-refractivity contribution in [2.45, 2.75) is 51.5 Å². The second-order valence-electron chi connectivity index (χ2n) is 6.61. The van der Waals surface area contributed by atoms with Crippen LogP contribution < -0.4 is 0 Å².